The monoisotopic (exact) mass is 421 g/mol. The van der Waals surface area contributed by atoms with E-state index in [9.17, 15) is 4.79 Å². The first-order valence-corrected chi connectivity index (χ1v) is 11.5. The van der Waals surface area contributed by atoms with E-state index in [1.165, 1.54) is 35.7 Å². The van der Waals surface area contributed by atoms with E-state index in [0.29, 0.717) is 11.7 Å². The van der Waals surface area contributed by atoms with Crippen molar-refractivity contribution in [1.29, 1.82) is 0 Å². The van der Waals surface area contributed by atoms with Crippen molar-refractivity contribution in [3.63, 3.8) is 0 Å². The Morgan fingerprint density at radius 1 is 1.17 bits per heavy atom. The van der Waals surface area contributed by atoms with Gasteiger partial charge in [0.25, 0.3) is 0 Å². The van der Waals surface area contributed by atoms with Crippen molar-refractivity contribution >= 4 is 17.7 Å². The van der Waals surface area contributed by atoms with Crippen LogP contribution in [0.5, 0.6) is 0 Å². The predicted molar refractivity (Wildman–Crippen MR) is 119 cm³/mol. The summed E-state index contributed by atoms with van der Waals surface area (Å²) in [6.07, 6.45) is 6.82. The van der Waals surface area contributed by atoms with Crippen molar-refractivity contribution in [3.8, 4) is 11.4 Å². The first-order valence-electron chi connectivity index (χ1n) is 10.5. The highest BCUT2D eigenvalue weighted by Crippen LogP contribution is 2.41. The summed E-state index contributed by atoms with van der Waals surface area (Å²) in [5, 5.41) is 12.7. The topological polar surface area (TPSA) is 72.7 Å². The molecule has 1 amide bonds. The smallest absolute Gasteiger partial charge is 0.230 e. The minimum Gasteiger partial charge on any atom is -0.348 e. The Morgan fingerprint density at radius 3 is 2.57 bits per heavy atom. The van der Waals surface area contributed by atoms with Crippen LogP contribution in [-0.2, 0) is 11.3 Å². The number of aryl methyl sites for hydroxylation is 1. The Hall–Kier alpha value is -2.67. The van der Waals surface area contributed by atoms with Crippen molar-refractivity contribution in [3.05, 3.63) is 59.9 Å². The number of pyridine rings is 1. The first kappa shape index (κ1) is 20.6. The lowest BCUT2D eigenvalue weighted by Gasteiger charge is -2.19. The lowest BCUT2D eigenvalue weighted by Crippen LogP contribution is -2.31. The standard InChI is InChI=1S/C23H27N5OS/c1-3-14-28-22(19-10-12-24-13-11-19)26-27-23(28)30-15-20(29)25-21(18-8-9-18)17-6-4-16(2)5-7-17/h4-7,10-13,18,21H,3,8-9,14-15H2,1-2H3,(H,25,29). The molecule has 0 bridgehead atoms. The number of carbonyl (C=O) groups is 1. The van der Waals surface area contributed by atoms with Gasteiger partial charge >= 0.3 is 0 Å². The minimum atomic E-state index is 0.0361. The van der Waals surface area contributed by atoms with Crippen LogP contribution in [0, 0.1) is 12.8 Å². The number of hydrogen-bond donors (Lipinski definition) is 1. The highest BCUT2D eigenvalue weighted by molar-refractivity contribution is 7.99. The van der Waals surface area contributed by atoms with E-state index in [1.54, 1.807) is 12.4 Å². The van der Waals surface area contributed by atoms with Gasteiger partial charge < -0.3 is 9.88 Å². The summed E-state index contributed by atoms with van der Waals surface area (Å²) in [5.41, 5.74) is 3.40. The molecule has 2 heterocycles. The number of benzene rings is 1. The van der Waals surface area contributed by atoms with Gasteiger partial charge in [-0.15, -0.1) is 10.2 Å². The van der Waals surface area contributed by atoms with Gasteiger partial charge in [0, 0.05) is 24.5 Å². The molecule has 6 nitrogen and oxygen atoms in total. The van der Waals surface area contributed by atoms with Crippen LogP contribution in [0.1, 0.15) is 43.4 Å². The summed E-state index contributed by atoms with van der Waals surface area (Å²) >= 11 is 1.44. The Balaban J connectivity index is 1.43. The number of aromatic nitrogens is 4. The molecule has 7 heteroatoms. The first-order chi connectivity index (χ1) is 14.7. The zero-order valence-corrected chi connectivity index (χ0v) is 18.2. The summed E-state index contributed by atoms with van der Waals surface area (Å²) in [6, 6.07) is 12.4. The molecule has 3 aromatic rings. The molecule has 1 unspecified atom stereocenters. The lowest BCUT2D eigenvalue weighted by molar-refractivity contribution is -0.119. The fraction of sp³-hybridized carbons (Fsp3) is 0.391. The third kappa shape index (κ3) is 4.90. The normalized spacial score (nSPS) is 14.5. The molecule has 30 heavy (non-hydrogen) atoms. The zero-order valence-electron chi connectivity index (χ0n) is 17.4. The molecule has 0 spiro atoms. The fourth-order valence-corrected chi connectivity index (χ4v) is 4.33. The van der Waals surface area contributed by atoms with Crippen LogP contribution in [0.15, 0.2) is 53.9 Å². The molecular weight excluding hydrogens is 394 g/mol. The second-order valence-corrected chi connectivity index (χ2v) is 8.72. The molecule has 2 aromatic heterocycles. The van der Waals surface area contributed by atoms with Gasteiger partial charge in [0.2, 0.25) is 5.91 Å². The maximum absolute atomic E-state index is 12.7. The average Bonchev–Trinajstić information content (AvgIpc) is 3.53. The van der Waals surface area contributed by atoms with Gasteiger partial charge in [-0.3, -0.25) is 9.78 Å². The second-order valence-electron chi connectivity index (χ2n) is 7.78. The Kier molecular flexibility index (Phi) is 6.47. The lowest BCUT2D eigenvalue weighted by atomic mass is 10.0. The van der Waals surface area contributed by atoms with Gasteiger partial charge in [-0.05, 0) is 49.8 Å². The molecule has 1 fully saturated rings. The summed E-state index contributed by atoms with van der Waals surface area (Å²) in [4.78, 5) is 16.8. The van der Waals surface area contributed by atoms with Gasteiger partial charge in [0.15, 0.2) is 11.0 Å². The van der Waals surface area contributed by atoms with Crippen LogP contribution in [0.4, 0.5) is 0 Å². The molecule has 0 saturated heterocycles. The largest absolute Gasteiger partial charge is 0.348 e. The molecule has 1 N–H and O–H groups in total. The van der Waals surface area contributed by atoms with Crippen molar-refractivity contribution < 1.29 is 4.79 Å². The average molecular weight is 422 g/mol. The number of amides is 1. The number of nitrogens with one attached hydrogen (secondary N) is 1. The number of hydrogen-bond acceptors (Lipinski definition) is 5. The Labute approximate surface area is 181 Å². The fourth-order valence-electron chi connectivity index (χ4n) is 3.56. The van der Waals surface area contributed by atoms with Crippen LogP contribution in [0.25, 0.3) is 11.4 Å². The van der Waals surface area contributed by atoms with Gasteiger partial charge in [-0.25, -0.2) is 0 Å². The maximum atomic E-state index is 12.7. The number of nitrogens with zero attached hydrogens (tertiary/aromatic N) is 4. The van der Waals surface area contributed by atoms with Crippen LogP contribution in [0.2, 0.25) is 0 Å². The van der Waals surface area contributed by atoms with Crippen molar-refractivity contribution in [1.82, 2.24) is 25.1 Å². The van der Waals surface area contributed by atoms with E-state index < -0.39 is 0 Å². The predicted octanol–water partition coefficient (Wildman–Crippen LogP) is 4.42. The van der Waals surface area contributed by atoms with E-state index in [-0.39, 0.29) is 11.9 Å². The molecule has 0 aliphatic heterocycles. The highest BCUT2D eigenvalue weighted by atomic mass is 32.2. The van der Waals surface area contributed by atoms with Crippen molar-refractivity contribution in [2.45, 2.75) is 50.9 Å². The molecule has 1 saturated carbocycles. The molecule has 156 valence electrons. The van der Waals surface area contributed by atoms with Gasteiger partial charge in [-0.2, -0.15) is 0 Å². The summed E-state index contributed by atoms with van der Waals surface area (Å²) in [5.74, 6) is 1.73. The second kappa shape index (κ2) is 9.43. The van der Waals surface area contributed by atoms with Crippen molar-refractivity contribution in [2.75, 3.05) is 5.75 Å². The van der Waals surface area contributed by atoms with Crippen molar-refractivity contribution in [2.24, 2.45) is 5.92 Å². The summed E-state index contributed by atoms with van der Waals surface area (Å²) < 4.78 is 2.09. The third-order valence-corrected chi connectivity index (χ3v) is 6.25. The quantitative estimate of drug-likeness (QED) is 0.518. The Morgan fingerprint density at radius 2 is 1.90 bits per heavy atom. The SMILES string of the molecule is CCCn1c(SCC(=O)NC(c2ccc(C)cc2)C2CC2)nnc1-c1ccncc1. The molecule has 1 aliphatic rings. The van der Waals surface area contributed by atoms with Crippen LogP contribution in [0.3, 0.4) is 0 Å². The number of thioether (sulfide) groups is 1. The number of rotatable bonds is 9. The minimum absolute atomic E-state index is 0.0361. The highest BCUT2D eigenvalue weighted by Gasteiger charge is 2.33. The van der Waals surface area contributed by atoms with Crippen LogP contribution in [-0.4, -0.2) is 31.4 Å². The van der Waals surface area contributed by atoms with Crippen LogP contribution < -0.4 is 5.32 Å². The summed E-state index contributed by atoms with van der Waals surface area (Å²) in [7, 11) is 0. The maximum Gasteiger partial charge on any atom is 0.230 e. The van der Waals surface area contributed by atoms with E-state index in [1.807, 2.05) is 12.1 Å². The molecule has 4 rings (SSSR count). The molecule has 1 aliphatic carbocycles. The van der Waals surface area contributed by atoms with E-state index in [2.05, 4.69) is 63.2 Å². The molecule has 1 aromatic carbocycles. The summed E-state index contributed by atoms with van der Waals surface area (Å²) in [6.45, 7) is 5.01. The molecule has 1 atom stereocenters. The molecule has 0 radical (unpaired) electrons. The zero-order chi connectivity index (χ0) is 20.9. The van der Waals surface area contributed by atoms with Crippen LogP contribution >= 0.6 is 11.8 Å². The van der Waals surface area contributed by atoms with Gasteiger partial charge in [-0.1, -0.05) is 48.5 Å². The number of carbonyl (C=O) groups excluding carboxylic acids is 1. The molecular formula is C23H27N5OS. The Bertz CT molecular complexity index is 983. The van der Waals surface area contributed by atoms with Gasteiger partial charge in [0.05, 0.1) is 11.8 Å². The van der Waals surface area contributed by atoms with E-state index in [4.69, 9.17) is 0 Å². The van der Waals surface area contributed by atoms with E-state index in [0.717, 1.165) is 29.5 Å². The van der Waals surface area contributed by atoms with E-state index >= 15 is 0 Å². The third-order valence-electron chi connectivity index (χ3n) is 5.28. The van der Waals surface area contributed by atoms with Gasteiger partial charge in [0.1, 0.15) is 0 Å².